The molecule has 1 aliphatic heterocycles. The van der Waals surface area contributed by atoms with Gasteiger partial charge in [-0.05, 0) is 24.0 Å². The number of rotatable bonds is 8. The maximum Gasteiger partial charge on any atom is 0.246 e. The molecule has 0 radical (unpaired) electrons. The lowest BCUT2D eigenvalue weighted by Gasteiger charge is -2.22. The molecule has 1 amide bonds. The molecular weight excluding hydrogens is 404 g/mol. The van der Waals surface area contributed by atoms with Crippen LogP contribution in [-0.2, 0) is 29.0 Å². The van der Waals surface area contributed by atoms with Gasteiger partial charge in [-0.15, -0.1) is 10.2 Å². The highest BCUT2D eigenvalue weighted by atomic mass is 16.5. The standard InChI is InChI=1S/C24H32N6O2/c1-17(2)14-20(26-22(31)16-32-3)24-28-27-21-9-11-29(12-13-30(21)24)15-19-7-4-6-18-8-5-10-25-23(18)19/h4-8,10,17,20H,9,11-16H2,1-3H3,(H,26,31)/t20-/m1/s1. The maximum absolute atomic E-state index is 12.2. The highest BCUT2D eigenvalue weighted by Gasteiger charge is 2.26. The van der Waals surface area contributed by atoms with Gasteiger partial charge in [-0.25, -0.2) is 0 Å². The number of para-hydroxylation sites is 1. The van der Waals surface area contributed by atoms with Crippen molar-refractivity contribution in [3.8, 4) is 0 Å². The summed E-state index contributed by atoms with van der Waals surface area (Å²) in [6.07, 6.45) is 3.49. The summed E-state index contributed by atoms with van der Waals surface area (Å²) < 4.78 is 7.19. The van der Waals surface area contributed by atoms with E-state index in [1.807, 2.05) is 12.3 Å². The van der Waals surface area contributed by atoms with Crippen LogP contribution in [0.3, 0.4) is 0 Å². The molecule has 8 nitrogen and oxygen atoms in total. The largest absolute Gasteiger partial charge is 0.375 e. The summed E-state index contributed by atoms with van der Waals surface area (Å²) in [4.78, 5) is 19.3. The molecule has 0 fully saturated rings. The van der Waals surface area contributed by atoms with Gasteiger partial charge in [0.15, 0.2) is 5.82 Å². The number of hydrogen-bond acceptors (Lipinski definition) is 6. The molecule has 3 heterocycles. The van der Waals surface area contributed by atoms with Crippen LogP contribution >= 0.6 is 0 Å². The van der Waals surface area contributed by atoms with Crippen molar-refractivity contribution in [3.63, 3.8) is 0 Å². The summed E-state index contributed by atoms with van der Waals surface area (Å²) in [6, 6.07) is 10.3. The number of amides is 1. The van der Waals surface area contributed by atoms with Crippen molar-refractivity contribution in [1.82, 2.24) is 30.0 Å². The van der Waals surface area contributed by atoms with Crippen molar-refractivity contribution >= 4 is 16.8 Å². The maximum atomic E-state index is 12.2. The van der Waals surface area contributed by atoms with Crippen molar-refractivity contribution < 1.29 is 9.53 Å². The summed E-state index contributed by atoms with van der Waals surface area (Å²) in [5.41, 5.74) is 2.31. The van der Waals surface area contributed by atoms with E-state index in [-0.39, 0.29) is 18.6 Å². The van der Waals surface area contributed by atoms with E-state index in [0.29, 0.717) is 5.92 Å². The number of aromatic nitrogens is 4. The van der Waals surface area contributed by atoms with Crippen molar-refractivity contribution in [1.29, 1.82) is 0 Å². The van der Waals surface area contributed by atoms with E-state index < -0.39 is 0 Å². The first-order valence-corrected chi connectivity index (χ1v) is 11.3. The number of pyridine rings is 1. The fraction of sp³-hybridized carbons (Fsp3) is 0.500. The Hall–Kier alpha value is -2.84. The van der Waals surface area contributed by atoms with Crippen molar-refractivity contribution in [2.75, 3.05) is 26.8 Å². The molecule has 0 saturated heterocycles. The summed E-state index contributed by atoms with van der Waals surface area (Å²) in [5, 5.41) is 13.2. The lowest BCUT2D eigenvalue weighted by molar-refractivity contribution is -0.125. The normalized spacial score (nSPS) is 15.5. The van der Waals surface area contributed by atoms with E-state index in [0.717, 1.165) is 56.2 Å². The van der Waals surface area contributed by atoms with Crippen LogP contribution in [-0.4, -0.2) is 57.4 Å². The van der Waals surface area contributed by atoms with Gasteiger partial charge in [0.05, 0.1) is 11.6 Å². The molecule has 4 rings (SSSR count). The van der Waals surface area contributed by atoms with Gasteiger partial charge in [-0.1, -0.05) is 38.1 Å². The van der Waals surface area contributed by atoms with E-state index >= 15 is 0 Å². The molecule has 170 valence electrons. The number of carbonyl (C=O) groups excluding carboxylic acids is 1. The van der Waals surface area contributed by atoms with Crippen LogP contribution < -0.4 is 5.32 Å². The summed E-state index contributed by atoms with van der Waals surface area (Å²) in [7, 11) is 1.53. The van der Waals surface area contributed by atoms with E-state index in [2.05, 4.69) is 68.1 Å². The van der Waals surface area contributed by atoms with Gasteiger partial charge in [-0.2, -0.15) is 0 Å². The monoisotopic (exact) mass is 436 g/mol. The fourth-order valence-corrected chi connectivity index (χ4v) is 4.41. The number of nitrogens with zero attached hydrogens (tertiary/aromatic N) is 5. The number of ether oxygens (including phenoxy) is 1. The topological polar surface area (TPSA) is 85.2 Å². The minimum atomic E-state index is -0.173. The summed E-state index contributed by atoms with van der Waals surface area (Å²) >= 11 is 0. The van der Waals surface area contributed by atoms with Crippen LogP contribution in [0.5, 0.6) is 0 Å². The Balaban J connectivity index is 1.50. The summed E-state index contributed by atoms with van der Waals surface area (Å²) in [6.45, 7) is 7.78. The van der Waals surface area contributed by atoms with Gasteiger partial charge < -0.3 is 14.6 Å². The minimum Gasteiger partial charge on any atom is -0.375 e. The molecule has 32 heavy (non-hydrogen) atoms. The lowest BCUT2D eigenvalue weighted by atomic mass is 10.0. The van der Waals surface area contributed by atoms with Crippen LogP contribution in [0.1, 0.15) is 43.5 Å². The molecule has 1 N–H and O–H groups in total. The molecule has 0 aliphatic carbocycles. The van der Waals surface area contributed by atoms with Crippen molar-refractivity contribution in [3.05, 3.63) is 53.7 Å². The molecule has 0 saturated carbocycles. The number of methoxy groups -OCH3 is 1. The number of nitrogens with one attached hydrogen (secondary N) is 1. The first kappa shape index (κ1) is 22.4. The highest BCUT2D eigenvalue weighted by molar-refractivity contribution is 5.81. The van der Waals surface area contributed by atoms with E-state index in [9.17, 15) is 4.79 Å². The van der Waals surface area contributed by atoms with Crippen LogP contribution in [0.15, 0.2) is 36.5 Å². The number of benzene rings is 1. The van der Waals surface area contributed by atoms with Crippen LogP contribution in [0.25, 0.3) is 10.9 Å². The molecule has 2 aromatic heterocycles. The zero-order valence-corrected chi connectivity index (χ0v) is 19.1. The van der Waals surface area contributed by atoms with Gasteiger partial charge in [0.2, 0.25) is 5.91 Å². The lowest BCUT2D eigenvalue weighted by Crippen LogP contribution is -2.34. The van der Waals surface area contributed by atoms with Gasteiger partial charge >= 0.3 is 0 Å². The van der Waals surface area contributed by atoms with Gasteiger partial charge in [0, 0.05) is 51.3 Å². The third-order valence-corrected chi connectivity index (χ3v) is 5.89. The van der Waals surface area contributed by atoms with Crippen molar-refractivity contribution in [2.45, 2.75) is 45.8 Å². The predicted molar refractivity (Wildman–Crippen MR) is 123 cm³/mol. The van der Waals surface area contributed by atoms with Crippen molar-refractivity contribution in [2.24, 2.45) is 5.92 Å². The Kier molecular flexibility index (Phi) is 7.12. The fourth-order valence-electron chi connectivity index (χ4n) is 4.41. The number of fused-ring (bicyclic) bond motifs is 2. The molecule has 3 aromatic rings. The molecule has 1 atom stereocenters. The zero-order valence-electron chi connectivity index (χ0n) is 19.1. The second-order valence-electron chi connectivity index (χ2n) is 8.83. The first-order valence-electron chi connectivity index (χ1n) is 11.3. The van der Waals surface area contributed by atoms with Gasteiger partial charge in [0.1, 0.15) is 12.4 Å². The van der Waals surface area contributed by atoms with Gasteiger partial charge in [-0.3, -0.25) is 14.7 Å². The Bertz CT molecular complexity index is 1060. The zero-order chi connectivity index (χ0) is 22.5. The van der Waals surface area contributed by atoms with Crippen LogP contribution in [0, 0.1) is 5.92 Å². The molecular formula is C24H32N6O2. The Morgan fingerprint density at radius 2 is 2.00 bits per heavy atom. The number of hydrogen-bond donors (Lipinski definition) is 1. The second kappa shape index (κ2) is 10.2. The highest BCUT2D eigenvalue weighted by Crippen LogP contribution is 2.23. The second-order valence-corrected chi connectivity index (χ2v) is 8.83. The smallest absolute Gasteiger partial charge is 0.246 e. The first-order chi connectivity index (χ1) is 15.5. The summed E-state index contributed by atoms with van der Waals surface area (Å²) in [5.74, 6) is 2.10. The molecule has 1 aromatic carbocycles. The average Bonchev–Trinajstić information content (AvgIpc) is 3.07. The Morgan fingerprint density at radius 1 is 1.16 bits per heavy atom. The molecule has 0 unspecified atom stereocenters. The van der Waals surface area contributed by atoms with Crippen LogP contribution in [0.4, 0.5) is 0 Å². The van der Waals surface area contributed by atoms with Crippen LogP contribution in [0.2, 0.25) is 0 Å². The van der Waals surface area contributed by atoms with E-state index in [1.54, 1.807) is 0 Å². The predicted octanol–water partition coefficient (Wildman–Crippen LogP) is 2.73. The Morgan fingerprint density at radius 3 is 2.81 bits per heavy atom. The molecule has 1 aliphatic rings. The molecule has 0 spiro atoms. The van der Waals surface area contributed by atoms with E-state index in [1.165, 1.54) is 18.1 Å². The van der Waals surface area contributed by atoms with Gasteiger partial charge in [0.25, 0.3) is 0 Å². The quantitative estimate of drug-likeness (QED) is 0.584. The third kappa shape index (κ3) is 5.14. The third-order valence-electron chi connectivity index (χ3n) is 5.89. The minimum absolute atomic E-state index is 0.0441. The number of carbonyl (C=O) groups is 1. The van der Waals surface area contributed by atoms with E-state index in [4.69, 9.17) is 4.74 Å². The SMILES string of the molecule is COCC(=O)N[C@H](CC(C)C)c1nnc2n1CCN(Cc1cccc3cccnc13)CC2. The Labute approximate surface area is 189 Å². The molecule has 0 bridgehead atoms. The molecule has 8 heteroatoms. The average molecular weight is 437 g/mol.